The smallest absolute Gasteiger partial charge is 0.407 e. The minimum absolute atomic E-state index is 0.0571. The molecule has 0 heterocycles. The number of carbonyl (C=O) groups excluding carboxylic acids is 2. The zero-order chi connectivity index (χ0) is 24.2. The summed E-state index contributed by atoms with van der Waals surface area (Å²) >= 11 is 0. The van der Waals surface area contributed by atoms with Gasteiger partial charge in [-0.05, 0) is 25.7 Å². The second kappa shape index (κ2) is 26.9. The van der Waals surface area contributed by atoms with Gasteiger partial charge in [0.1, 0.15) is 6.61 Å². The molecule has 0 aromatic heterocycles. The van der Waals surface area contributed by atoms with E-state index in [9.17, 15) is 9.59 Å². The molecule has 0 atom stereocenters. The van der Waals surface area contributed by atoms with Crippen molar-refractivity contribution >= 4 is 12.1 Å². The van der Waals surface area contributed by atoms with Gasteiger partial charge in [-0.1, -0.05) is 103 Å². The molecule has 0 aliphatic carbocycles. The summed E-state index contributed by atoms with van der Waals surface area (Å²) in [5, 5.41) is 11.4. The van der Waals surface area contributed by atoms with E-state index in [4.69, 9.17) is 14.6 Å². The minimum Gasteiger partial charge on any atom is -0.463 e. The van der Waals surface area contributed by atoms with Crippen LogP contribution in [0.3, 0.4) is 0 Å². The molecule has 0 bridgehead atoms. The molecule has 33 heavy (non-hydrogen) atoms. The molecule has 0 aliphatic rings. The lowest BCUT2D eigenvalue weighted by Gasteiger charge is -2.07. The summed E-state index contributed by atoms with van der Waals surface area (Å²) in [6.07, 6.45) is 23.7. The Balaban J connectivity index is 3.19. The topological polar surface area (TPSA) is 84.9 Å². The number of esters is 1. The monoisotopic (exact) mass is 471 g/mol. The Morgan fingerprint density at radius 1 is 0.606 bits per heavy atom. The maximum atomic E-state index is 11.6. The van der Waals surface area contributed by atoms with Crippen molar-refractivity contribution in [2.45, 2.75) is 135 Å². The van der Waals surface area contributed by atoms with Crippen molar-refractivity contribution in [3.63, 3.8) is 0 Å². The van der Waals surface area contributed by atoms with E-state index in [0.717, 1.165) is 25.7 Å². The third-order valence-electron chi connectivity index (χ3n) is 5.91. The molecule has 196 valence electrons. The Morgan fingerprint density at radius 3 is 1.61 bits per heavy atom. The van der Waals surface area contributed by atoms with Crippen molar-refractivity contribution in [2.75, 3.05) is 26.4 Å². The van der Waals surface area contributed by atoms with Gasteiger partial charge in [0.05, 0.1) is 13.2 Å². The molecular weight excluding hydrogens is 418 g/mol. The van der Waals surface area contributed by atoms with Crippen LogP contribution in [-0.4, -0.2) is 43.5 Å². The van der Waals surface area contributed by atoms with Crippen LogP contribution in [0.1, 0.15) is 135 Å². The first-order valence-corrected chi connectivity index (χ1v) is 13.9. The summed E-state index contributed by atoms with van der Waals surface area (Å²) in [4.78, 5) is 22.9. The lowest BCUT2D eigenvalue weighted by atomic mass is 10.0. The quantitative estimate of drug-likeness (QED) is 0.110. The predicted octanol–water partition coefficient (Wildman–Crippen LogP) is 7.07. The molecule has 6 heteroatoms. The van der Waals surface area contributed by atoms with E-state index in [1.54, 1.807) is 0 Å². The van der Waals surface area contributed by atoms with E-state index in [0.29, 0.717) is 26.0 Å². The zero-order valence-corrected chi connectivity index (χ0v) is 21.6. The standard InChI is InChI=1S/C27H53NO5/c1-2-3-4-5-6-7-8-9-10-11-12-13-14-15-16-19-22-28-27(31)33-24-20-17-18-21-26(30)32-25-23-29/h29H,2-25H2,1H3,(H,28,31). The Morgan fingerprint density at radius 2 is 1.09 bits per heavy atom. The SMILES string of the molecule is CCCCCCCCCCCCCCCCCCNC(=O)OCCCCCC(=O)OCCO. The van der Waals surface area contributed by atoms with Crippen LogP contribution in [0.15, 0.2) is 0 Å². The van der Waals surface area contributed by atoms with Gasteiger partial charge in [0.25, 0.3) is 0 Å². The predicted molar refractivity (Wildman–Crippen MR) is 135 cm³/mol. The maximum absolute atomic E-state index is 11.6. The molecule has 0 unspecified atom stereocenters. The second-order valence-corrected chi connectivity index (χ2v) is 9.12. The molecule has 2 N–H and O–H groups in total. The van der Waals surface area contributed by atoms with E-state index < -0.39 is 0 Å². The lowest BCUT2D eigenvalue weighted by molar-refractivity contribution is -0.144. The molecule has 0 radical (unpaired) electrons. The summed E-state index contributed by atoms with van der Waals surface area (Å²) in [5.41, 5.74) is 0. The van der Waals surface area contributed by atoms with Crippen LogP contribution < -0.4 is 5.32 Å². The van der Waals surface area contributed by atoms with Crippen LogP contribution in [0.2, 0.25) is 0 Å². The van der Waals surface area contributed by atoms with Gasteiger partial charge < -0.3 is 19.9 Å². The highest BCUT2D eigenvalue weighted by Gasteiger charge is 2.03. The number of aliphatic hydroxyl groups is 1. The first-order valence-electron chi connectivity index (χ1n) is 13.9. The summed E-state index contributed by atoms with van der Waals surface area (Å²) in [6.45, 7) is 3.23. The number of hydrogen-bond acceptors (Lipinski definition) is 5. The van der Waals surface area contributed by atoms with Crippen molar-refractivity contribution < 1.29 is 24.2 Å². The Kier molecular flexibility index (Phi) is 25.9. The van der Waals surface area contributed by atoms with Gasteiger partial charge in [0, 0.05) is 13.0 Å². The number of aliphatic hydroxyl groups excluding tert-OH is 1. The molecule has 0 spiro atoms. The highest BCUT2D eigenvalue weighted by atomic mass is 16.5. The molecule has 1 amide bonds. The number of hydrogen-bond donors (Lipinski definition) is 2. The maximum Gasteiger partial charge on any atom is 0.407 e. The van der Waals surface area contributed by atoms with E-state index >= 15 is 0 Å². The van der Waals surface area contributed by atoms with Gasteiger partial charge in [0.15, 0.2) is 0 Å². The van der Waals surface area contributed by atoms with Gasteiger partial charge in [-0.2, -0.15) is 0 Å². The van der Waals surface area contributed by atoms with Crippen LogP contribution in [-0.2, 0) is 14.3 Å². The summed E-state index contributed by atoms with van der Waals surface area (Å²) in [6, 6.07) is 0. The van der Waals surface area contributed by atoms with Crippen molar-refractivity contribution in [3.05, 3.63) is 0 Å². The Labute approximate surface area is 203 Å². The first-order chi connectivity index (χ1) is 16.2. The molecule has 0 saturated heterocycles. The van der Waals surface area contributed by atoms with Crippen LogP contribution in [0.4, 0.5) is 4.79 Å². The van der Waals surface area contributed by atoms with Crippen LogP contribution in [0.5, 0.6) is 0 Å². The summed E-state index contributed by atoms with van der Waals surface area (Å²) in [7, 11) is 0. The van der Waals surface area contributed by atoms with E-state index in [-0.39, 0.29) is 25.3 Å². The number of amides is 1. The van der Waals surface area contributed by atoms with Gasteiger partial charge in [-0.15, -0.1) is 0 Å². The zero-order valence-electron chi connectivity index (χ0n) is 21.6. The molecule has 0 rings (SSSR count). The largest absolute Gasteiger partial charge is 0.463 e. The van der Waals surface area contributed by atoms with Gasteiger partial charge in [-0.25, -0.2) is 4.79 Å². The molecular formula is C27H53NO5. The average Bonchev–Trinajstić information content (AvgIpc) is 2.81. The fraction of sp³-hybridized carbons (Fsp3) is 0.926. The number of alkyl carbamates (subject to hydrolysis) is 1. The molecule has 0 aliphatic heterocycles. The number of unbranched alkanes of at least 4 members (excludes halogenated alkanes) is 17. The Hall–Kier alpha value is -1.30. The highest BCUT2D eigenvalue weighted by molar-refractivity contribution is 5.69. The average molecular weight is 472 g/mol. The van der Waals surface area contributed by atoms with Crippen LogP contribution >= 0.6 is 0 Å². The molecule has 6 nitrogen and oxygen atoms in total. The van der Waals surface area contributed by atoms with Gasteiger partial charge >= 0.3 is 12.1 Å². The molecule has 0 saturated carbocycles. The number of rotatable bonds is 25. The third-order valence-corrected chi connectivity index (χ3v) is 5.91. The minimum atomic E-state index is -0.349. The third kappa shape index (κ3) is 26.8. The summed E-state index contributed by atoms with van der Waals surface area (Å²) in [5.74, 6) is -0.290. The lowest BCUT2D eigenvalue weighted by Crippen LogP contribution is -2.25. The van der Waals surface area contributed by atoms with Crippen LogP contribution in [0, 0.1) is 0 Å². The van der Waals surface area contributed by atoms with Crippen LogP contribution in [0.25, 0.3) is 0 Å². The van der Waals surface area contributed by atoms with Crippen molar-refractivity contribution in [2.24, 2.45) is 0 Å². The second-order valence-electron chi connectivity index (χ2n) is 9.12. The molecule has 0 aromatic carbocycles. The van der Waals surface area contributed by atoms with Crippen molar-refractivity contribution in [1.82, 2.24) is 5.32 Å². The van der Waals surface area contributed by atoms with Crippen molar-refractivity contribution in [3.8, 4) is 0 Å². The first kappa shape index (κ1) is 31.7. The normalized spacial score (nSPS) is 10.8. The number of nitrogens with one attached hydrogen (secondary N) is 1. The molecule has 0 fully saturated rings. The highest BCUT2D eigenvalue weighted by Crippen LogP contribution is 2.13. The molecule has 0 aromatic rings. The fourth-order valence-corrected chi connectivity index (χ4v) is 3.86. The Bertz CT molecular complexity index is 431. The number of carbonyl (C=O) groups is 2. The van der Waals surface area contributed by atoms with Gasteiger partial charge in [-0.3, -0.25) is 4.79 Å². The number of ether oxygens (including phenoxy) is 2. The van der Waals surface area contributed by atoms with Crippen molar-refractivity contribution in [1.29, 1.82) is 0 Å². The van der Waals surface area contributed by atoms with E-state index in [1.807, 2.05) is 0 Å². The van der Waals surface area contributed by atoms with E-state index in [2.05, 4.69) is 12.2 Å². The van der Waals surface area contributed by atoms with E-state index in [1.165, 1.54) is 89.9 Å². The van der Waals surface area contributed by atoms with Gasteiger partial charge in [0.2, 0.25) is 0 Å². The fourth-order valence-electron chi connectivity index (χ4n) is 3.86. The summed E-state index contributed by atoms with van der Waals surface area (Å²) < 4.78 is 9.92.